The second-order valence-electron chi connectivity index (χ2n) is 4.27. The Hall–Kier alpha value is -1.39. The molecule has 3 rings (SSSR count). The minimum absolute atomic E-state index is 0.356. The summed E-state index contributed by atoms with van der Waals surface area (Å²) in [7, 11) is 0. The molecule has 5 heteroatoms. The summed E-state index contributed by atoms with van der Waals surface area (Å²) in [4.78, 5) is 15.4. The van der Waals surface area contributed by atoms with Crippen LogP contribution >= 0.6 is 11.6 Å². The highest BCUT2D eigenvalue weighted by molar-refractivity contribution is 6.30. The van der Waals surface area contributed by atoms with E-state index in [2.05, 4.69) is 10.3 Å². The largest absolute Gasteiger partial charge is 0.316 e. The predicted octanol–water partition coefficient (Wildman–Crippen LogP) is 1.88. The van der Waals surface area contributed by atoms with Gasteiger partial charge in [-0.25, -0.2) is 4.98 Å². The van der Waals surface area contributed by atoms with Gasteiger partial charge in [0.15, 0.2) is 6.29 Å². The van der Waals surface area contributed by atoms with E-state index >= 15 is 0 Å². The lowest BCUT2D eigenvalue weighted by atomic mass is 10.1. The molecule has 0 saturated carbocycles. The van der Waals surface area contributed by atoms with E-state index in [1.54, 1.807) is 6.07 Å². The molecule has 88 valence electrons. The predicted molar refractivity (Wildman–Crippen MR) is 65.8 cm³/mol. The van der Waals surface area contributed by atoms with Gasteiger partial charge in [-0.2, -0.15) is 0 Å². The van der Waals surface area contributed by atoms with Crippen LogP contribution in [0, 0.1) is 0 Å². The fourth-order valence-corrected chi connectivity index (χ4v) is 2.52. The summed E-state index contributed by atoms with van der Waals surface area (Å²) in [5.74, 6) is 1.28. The number of hydrogen-bond acceptors (Lipinski definition) is 3. The van der Waals surface area contributed by atoms with E-state index in [9.17, 15) is 4.79 Å². The van der Waals surface area contributed by atoms with Crippen molar-refractivity contribution < 1.29 is 4.79 Å². The van der Waals surface area contributed by atoms with E-state index in [1.807, 2.05) is 16.7 Å². The topological polar surface area (TPSA) is 46.4 Å². The van der Waals surface area contributed by atoms with E-state index in [-0.39, 0.29) is 0 Å². The van der Waals surface area contributed by atoms with E-state index in [0.29, 0.717) is 16.6 Å². The highest BCUT2D eigenvalue weighted by Gasteiger charge is 2.22. The number of rotatable bonds is 2. The Morgan fingerprint density at radius 1 is 1.53 bits per heavy atom. The normalized spacial score (nSPS) is 19.9. The van der Waals surface area contributed by atoms with Crippen LogP contribution in [0.4, 0.5) is 0 Å². The zero-order valence-electron chi connectivity index (χ0n) is 9.19. The van der Waals surface area contributed by atoms with Crippen molar-refractivity contribution in [1.29, 1.82) is 0 Å². The molecule has 2 aromatic heterocycles. The van der Waals surface area contributed by atoms with Crippen LogP contribution in [-0.2, 0) is 0 Å². The summed E-state index contributed by atoms with van der Waals surface area (Å²) < 4.78 is 1.93. The molecule has 1 aliphatic heterocycles. The molecule has 0 aromatic carbocycles. The van der Waals surface area contributed by atoms with Crippen LogP contribution in [0.1, 0.15) is 28.7 Å². The average molecular weight is 250 g/mol. The van der Waals surface area contributed by atoms with Gasteiger partial charge in [0.05, 0.1) is 10.5 Å². The van der Waals surface area contributed by atoms with Gasteiger partial charge in [0.1, 0.15) is 11.5 Å². The van der Waals surface area contributed by atoms with Crippen LogP contribution in [-0.4, -0.2) is 28.8 Å². The Labute approximate surface area is 104 Å². The summed E-state index contributed by atoms with van der Waals surface area (Å²) in [6.45, 7) is 1.90. The molecule has 1 N–H and O–H groups in total. The lowest BCUT2D eigenvalue weighted by Gasteiger charge is -2.07. The first kappa shape index (κ1) is 10.7. The Bertz CT molecular complexity index is 572. The fourth-order valence-electron chi connectivity index (χ4n) is 2.36. The maximum Gasteiger partial charge on any atom is 0.170 e. The quantitative estimate of drug-likeness (QED) is 0.827. The second-order valence-corrected chi connectivity index (χ2v) is 4.70. The van der Waals surface area contributed by atoms with Crippen molar-refractivity contribution in [3.63, 3.8) is 0 Å². The van der Waals surface area contributed by atoms with Gasteiger partial charge in [0, 0.05) is 18.7 Å². The number of nitrogens with zero attached hydrogens (tertiary/aromatic N) is 2. The van der Waals surface area contributed by atoms with Gasteiger partial charge in [0.2, 0.25) is 0 Å². The van der Waals surface area contributed by atoms with Gasteiger partial charge < -0.3 is 9.72 Å². The lowest BCUT2D eigenvalue weighted by Crippen LogP contribution is -2.10. The third-order valence-corrected chi connectivity index (χ3v) is 3.42. The van der Waals surface area contributed by atoms with Crippen LogP contribution in [0.15, 0.2) is 18.3 Å². The van der Waals surface area contributed by atoms with E-state index in [1.165, 1.54) is 0 Å². The van der Waals surface area contributed by atoms with Gasteiger partial charge in [-0.15, -0.1) is 0 Å². The number of hydrogen-bond donors (Lipinski definition) is 1. The van der Waals surface area contributed by atoms with Gasteiger partial charge in [0.25, 0.3) is 0 Å². The zero-order chi connectivity index (χ0) is 11.8. The molecule has 2 aromatic rings. The smallest absolute Gasteiger partial charge is 0.170 e. The molecule has 3 heterocycles. The number of fused-ring (bicyclic) bond motifs is 1. The van der Waals surface area contributed by atoms with Crippen LogP contribution in [0.3, 0.4) is 0 Å². The summed E-state index contributed by atoms with van der Waals surface area (Å²) in [5, 5.41) is 3.96. The summed E-state index contributed by atoms with van der Waals surface area (Å²) >= 11 is 6.00. The summed E-state index contributed by atoms with van der Waals surface area (Å²) in [6.07, 6.45) is 3.67. The number of aromatic nitrogens is 2. The third-order valence-electron chi connectivity index (χ3n) is 3.19. The first-order chi connectivity index (χ1) is 8.29. The molecule has 0 aliphatic carbocycles. The average Bonchev–Trinajstić information content (AvgIpc) is 2.94. The van der Waals surface area contributed by atoms with Crippen LogP contribution in [0.2, 0.25) is 5.02 Å². The molecular formula is C12H12ClN3O. The number of nitrogens with one attached hydrogen (secondary N) is 1. The highest BCUT2D eigenvalue weighted by Crippen LogP contribution is 2.25. The number of carbonyl (C=O) groups excluding carboxylic acids is 1. The SMILES string of the molecule is O=Cc1nc(C2CCNC2)n2cc(Cl)ccc12. The molecule has 0 bridgehead atoms. The minimum atomic E-state index is 0.356. The van der Waals surface area contributed by atoms with E-state index in [0.717, 1.165) is 37.1 Å². The van der Waals surface area contributed by atoms with Crippen molar-refractivity contribution >= 4 is 23.4 Å². The Kier molecular flexibility index (Phi) is 2.61. The van der Waals surface area contributed by atoms with E-state index in [4.69, 9.17) is 11.6 Å². The molecular weight excluding hydrogens is 238 g/mol. The molecule has 1 aliphatic rings. The number of halogens is 1. The molecule has 1 fully saturated rings. The molecule has 1 saturated heterocycles. The summed E-state index contributed by atoms with van der Waals surface area (Å²) in [5.41, 5.74) is 1.31. The standard InChI is InChI=1S/C12H12ClN3O/c13-9-1-2-11-10(7-17)15-12(16(11)6-9)8-3-4-14-5-8/h1-2,6-8,14H,3-5H2. The molecule has 0 radical (unpaired) electrons. The van der Waals surface area contributed by atoms with Gasteiger partial charge in [-0.05, 0) is 25.1 Å². The maximum absolute atomic E-state index is 11.0. The van der Waals surface area contributed by atoms with Crippen LogP contribution < -0.4 is 5.32 Å². The third kappa shape index (κ3) is 1.73. The number of carbonyl (C=O) groups is 1. The number of pyridine rings is 1. The lowest BCUT2D eigenvalue weighted by molar-refractivity contribution is 0.112. The van der Waals surface area contributed by atoms with Crippen molar-refractivity contribution in [1.82, 2.24) is 14.7 Å². The monoisotopic (exact) mass is 249 g/mol. The first-order valence-corrected chi connectivity index (χ1v) is 6.01. The molecule has 1 unspecified atom stereocenters. The van der Waals surface area contributed by atoms with Crippen LogP contribution in [0.5, 0.6) is 0 Å². The molecule has 1 atom stereocenters. The van der Waals surface area contributed by atoms with Crippen molar-refractivity contribution in [3.05, 3.63) is 34.9 Å². The Balaban J connectivity index is 2.22. The number of aldehydes is 1. The van der Waals surface area contributed by atoms with E-state index < -0.39 is 0 Å². The molecule has 4 nitrogen and oxygen atoms in total. The van der Waals surface area contributed by atoms with Gasteiger partial charge in [-0.3, -0.25) is 4.79 Å². The minimum Gasteiger partial charge on any atom is -0.316 e. The van der Waals surface area contributed by atoms with Crippen molar-refractivity contribution in [2.24, 2.45) is 0 Å². The summed E-state index contributed by atoms with van der Waals surface area (Å²) in [6, 6.07) is 3.62. The van der Waals surface area contributed by atoms with Crippen LogP contribution in [0.25, 0.3) is 5.52 Å². The Morgan fingerprint density at radius 2 is 2.41 bits per heavy atom. The number of imidazole rings is 1. The molecule has 0 amide bonds. The molecule has 17 heavy (non-hydrogen) atoms. The fraction of sp³-hybridized carbons (Fsp3) is 0.333. The van der Waals surface area contributed by atoms with Crippen molar-refractivity contribution in [2.75, 3.05) is 13.1 Å². The van der Waals surface area contributed by atoms with Crippen molar-refractivity contribution in [2.45, 2.75) is 12.3 Å². The molecule has 0 spiro atoms. The van der Waals surface area contributed by atoms with Gasteiger partial charge >= 0.3 is 0 Å². The Morgan fingerprint density at radius 3 is 3.12 bits per heavy atom. The second kappa shape index (κ2) is 4.13. The van der Waals surface area contributed by atoms with Gasteiger partial charge in [-0.1, -0.05) is 11.6 Å². The van der Waals surface area contributed by atoms with Crippen molar-refractivity contribution in [3.8, 4) is 0 Å². The maximum atomic E-state index is 11.0. The zero-order valence-corrected chi connectivity index (χ0v) is 9.94. The first-order valence-electron chi connectivity index (χ1n) is 5.63. The highest BCUT2D eigenvalue weighted by atomic mass is 35.5.